The SMILES string of the molecule is C=C(C)C(=O)OCCC1=C(Cl)C(Cl)=NNN1Nc1ccccc1. The number of carbonyl (C=O) groups excluding carboxylic acids is 1. The number of halogens is 2. The lowest BCUT2D eigenvalue weighted by Gasteiger charge is -2.30. The Kier molecular flexibility index (Phi) is 5.90. The number of hydrazone groups is 1. The van der Waals surface area contributed by atoms with E-state index in [0.29, 0.717) is 17.7 Å². The first-order valence-corrected chi connectivity index (χ1v) is 7.57. The molecule has 0 radical (unpaired) electrons. The zero-order valence-electron chi connectivity index (χ0n) is 12.5. The van der Waals surface area contributed by atoms with Crippen molar-refractivity contribution in [3.8, 4) is 0 Å². The van der Waals surface area contributed by atoms with Crippen LogP contribution in [0.5, 0.6) is 0 Å². The number of anilines is 1. The molecule has 0 saturated carbocycles. The van der Waals surface area contributed by atoms with Gasteiger partial charge < -0.3 is 4.74 Å². The van der Waals surface area contributed by atoms with Crippen molar-refractivity contribution < 1.29 is 9.53 Å². The molecular formula is C15H16Cl2N4O2. The van der Waals surface area contributed by atoms with Gasteiger partial charge in [0.15, 0.2) is 5.17 Å². The van der Waals surface area contributed by atoms with E-state index in [1.165, 1.54) is 5.12 Å². The van der Waals surface area contributed by atoms with E-state index in [2.05, 4.69) is 22.6 Å². The number of benzene rings is 1. The smallest absolute Gasteiger partial charge is 0.333 e. The number of esters is 1. The summed E-state index contributed by atoms with van der Waals surface area (Å²) in [6.07, 6.45) is 0.344. The summed E-state index contributed by atoms with van der Waals surface area (Å²) in [5.74, 6) is -0.451. The topological polar surface area (TPSA) is 66.0 Å². The van der Waals surface area contributed by atoms with Crippen LogP contribution in [0.15, 0.2) is 58.3 Å². The van der Waals surface area contributed by atoms with Crippen LogP contribution in [0, 0.1) is 0 Å². The standard InChI is InChI=1S/C15H16Cl2N4O2/c1-10(2)15(22)23-9-8-12-13(16)14(17)18-20-21(12)19-11-6-4-3-5-7-11/h3-7,19-20H,1,8-9H2,2H3. The second-order valence-electron chi connectivity index (χ2n) is 4.74. The molecule has 1 aliphatic heterocycles. The number of nitrogens with one attached hydrogen (secondary N) is 2. The van der Waals surface area contributed by atoms with E-state index in [0.717, 1.165) is 5.69 Å². The zero-order chi connectivity index (χ0) is 16.8. The third-order valence-electron chi connectivity index (χ3n) is 2.89. The minimum Gasteiger partial charge on any atom is -0.462 e. The normalized spacial score (nSPS) is 14.0. The molecule has 1 aromatic carbocycles. The average molecular weight is 355 g/mol. The van der Waals surface area contributed by atoms with Gasteiger partial charge in [0.25, 0.3) is 0 Å². The van der Waals surface area contributed by atoms with Gasteiger partial charge in [-0.15, -0.1) is 5.10 Å². The molecule has 0 fully saturated rings. The molecule has 1 aromatic rings. The summed E-state index contributed by atoms with van der Waals surface area (Å²) < 4.78 is 5.09. The van der Waals surface area contributed by atoms with Crippen LogP contribution in [0.2, 0.25) is 0 Å². The lowest BCUT2D eigenvalue weighted by molar-refractivity contribution is -0.138. The maximum Gasteiger partial charge on any atom is 0.333 e. The van der Waals surface area contributed by atoms with Crippen molar-refractivity contribution in [3.63, 3.8) is 0 Å². The highest BCUT2D eigenvalue weighted by atomic mass is 35.5. The highest BCUT2D eigenvalue weighted by Gasteiger charge is 2.22. The Morgan fingerprint density at radius 2 is 2.09 bits per heavy atom. The van der Waals surface area contributed by atoms with Crippen molar-refractivity contribution in [3.05, 3.63) is 53.2 Å². The van der Waals surface area contributed by atoms with Gasteiger partial charge in [-0.2, -0.15) is 10.7 Å². The summed E-state index contributed by atoms with van der Waals surface area (Å²) in [5, 5.41) is 5.84. The van der Waals surface area contributed by atoms with Gasteiger partial charge in [0.1, 0.15) is 5.03 Å². The first-order valence-electron chi connectivity index (χ1n) is 6.81. The fraction of sp³-hybridized carbons (Fsp3) is 0.200. The number of ether oxygens (including phenoxy) is 1. The van der Waals surface area contributed by atoms with Crippen LogP contribution in [0.4, 0.5) is 5.69 Å². The first kappa shape index (κ1) is 17.2. The molecule has 0 amide bonds. The Hall–Kier alpha value is -2.18. The molecule has 6 nitrogen and oxygen atoms in total. The third kappa shape index (κ3) is 4.64. The van der Waals surface area contributed by atoms with E-state index in [1.807, 2.05) is 30.3 Å². The Bertz CT molecular complexity index is 659. The van der Waals surface area contributed by atoms with Gasteiger partial charge in [-0.05, 0) is 19.1 Å². The van der Waals surface area contributed by atoms with Gasteiger partial charge in [-0.3, -0.25) is 5.43 Å². The quantitative estimate of drug-likeness (QED) is 0.605. The van der Waals surface area contributed by atoms with Crippen LogP contribution in [0.3, 0.4) is 0 Å². The van der Waals surface area contributed by atoms with E-state index in [1.54, 1.807) is 6.92 Å². The Labute approximate surface area is 144 Å². The fourth-order valence-corrected chi connectivity index (χ4v) is 2.11. The van der Waals surface area contributed by atoms with Crippen LogP contribution in [-0.4, -0.2) is 22.9 Å². The second kappa shape index (κ2) is 7.89. The number of allylic oxidation sites excluding steroid dienone is 1. The predicted molar refractivity (Wildman–Crippen MR) is 91.6 cm³/mol. The van der Waals surface area contributed by atoms with Crippen molar-refractivity contribution in [1.29, 1.82) is 0 Å². The Morgan fingerprint density at radius 1 is 1.39 bits per heavy atom. The van der Waals surface area contributed by atoms with Crippen molar-refractivity contribution in [1.82, 2.24) is 10.7 Å². The summed E-state index contributed by atoms with van der Waals surface area (Å²) in [7, 11) is 0. The third-order valence-corrected chi connectivity index (χ3v) is 3.66. The van der Waals surface area contributed by atoms with Crippen molar-refractivity contribution in [2.45, 2.75) is 13.3 Å². The number of para-hydroxylation sites is 1. The van der Waals surface area contributed by atoms with Gasteiger partial charge in [0, 0.05) is 12.0 Å². The largest absolute Gasteiger partial charge is 0.462 e. The first-order chi connectivity index (χ1) is 11.0. The number of hydrogen-bond donors (Lipinski definition) is 2. The maximum atomic E-state index is 11.4. The van der Waals surface area contributed by atoms with Gasteiger partial charge >= 0.3 is 5.97 Å². The van der Waals surface area contributed by atoms with Crippen LogP contribution < -0.4 is 11.0 Å². The maximum absolute atomic E-state index is 11.4. The molecule has 8 heteroatoms. The summed E-state index contributed by atoms with van der Waals surface area (Å²) in [5.41, 5.74) is 7.60. The number of nitrogens with zero attached hydrogens (tertiary/aromatic N) is 2. The minimum atomic E-state index is -0.451. The van der Waals surface area contributed by atoms with E-state index in [9.17, 15) is 4.79 Å². The minimum absolute atomic E-state index is 0.135. The molecule has 23 heavy (non-hydrogen) atoms. The van der Waals surface area contributed by atoms with Crippen LogP contribution in [-0.2, 0) is 9.53 Å². The van der Waals surface area contributed by atoms with E-state index >= 15 is 0 Å². The summed E-state index contributed by atoms with van der Waals surface area (Å²) in [4.78, 5) is 11.4. The van der Waals surface area contributed by atoms with E-state index in [-0.39, 0.29) is 16.8 Å². The van der Waals surface area contributed by atoms with Gasteiger partial charge in [-0.1, -0.05) is 48.0 Å². The molecule has 1 heterocycles. The highest BCUT2D eigenvalue weighted by Crippen LogP contribution is 2.24. The predicted octanol–water partition coefficient (Wildman–Crippen LogP) is 3.35. The second-order valence-corrected chi connectivity index (χ2v) is 5.48. The molecule has 2 rings (SSSR count). The lowest BCUT2D eigenvalue weighted by Crippen LogP contribution is -2.42. The summed E-state index contributed by atoms with van der Waals surface area (Å²) >= 11 is 12.2. The molecule has 0 bridgehead atoms. The number of carbonyl (C=O) groups is 1. The monoisotopic (exact) mass is 354 g/mol. The molecule has 0 aliphatic carbocycles. The van der Waals surface area contributed by atoms with Crippen molar-refractivity contribution >= 4 is 40.0 Å². The molecule has 1 aliphatic rings. The molecule has 0 aromatic heterocycles. The van der Waals surface area contributed by atoms with Gasteiger partial charge in [-0.25, -0.2) is 4.79 Å². The van der Waals surface area contributed by atoms with Crippen LogP contribution in [0.25, 0.3) is 0 Å². The summed E-state index contributed by atoms with van der Waals surface area (Å²) in [6, 6.07) is 9.46. The van der Waals surface area contributed by atoms with E-state index in [4.69, 9.17) is 27.9 Å². The van der Waals surface area contributed by atoms with Gasteiger partial charge in [0.2, 0.25) is 0 Å². The summed E-state index contributed by atoms with van der Waals surface area (Å²) in [6.45, 7) is 5.25. The highest BCUT2D eigenvalue weighted by molar-refractivity contribution is 6.76. The number of hydrazine groups is 2. The number of hydrogen-bond acceptors (Lipinski definition) is 6. The van der Waals surface area contributed by atoms with Crippen LogP contribution >= 0.6 is 23.2 Å². The molecule has 0 saturated heterocycles. The molecule has 0 atom stereocenters. The molecule has 0 unspecified atom stereocenters. The van der Waals surface area contributed by atoms with Gasteiger partial charge in [0.05, 0.1) is 18.0 Å². The fourth-order valence-electron chi connectivity index (χ4n) is 1.74. The molecule has 2 N–H and O–H groups in total. The Balaban J connectivity index is 2.06. The van der Waals surface area contributed by atoms with Crippen molar-refractivity contribution in [2.75, 3.05) is 12.0 Å². The molecule has 122 valence electrons. The molecule has 0 spiro atoms. The Morgan fingerprint density at radius 3 is 2.74 bits per heavy atom. The molecular weight excluding hydrogens is 339 g/mol. The number of rotatable bonds is 6. The van der Waals surface area contributed by atoms with E-state index < -0.39 is 5.97 Å². The van der Waals surface area contributed by atoms with Crippen LogP contribution in [0.1, 0.15) is 13.3 Å². The lowest BCUT2D eigenvalue weighted by atomic mass is 10.3. The zero-order valence-corrected chi connectivity index (χ0v) is 14.0. The average Bonchev–Trinajstić information content (AvgIpc) is 2.54. The van der Waals surface area contributed by atoms with Crippen molar-refractivity contribution in [2.24, 2.45) is 5.10 Å².